The smallest absolute Gasteiger partial charge is 0.321 e. The molecule has 6 nitrogen and oxygen atoms in total. The van der Waals surface area contributed by atoms with Crippen molar-refractivity contribution in [3.63, 3.8) is 0 Å². The molecule has 0 aromatic heterocycles. The van der Waals surface area contributed by atoms with E-state index in [-0.39, 0.29) is 6.42 Å². The average molecular weight is 252 g/mol. The SMILES string of the molecule is CCOc1ccc(NC(=O)C[C@H](N)C(=O)O)cc1. The predicted molar refractivity (Wildman–Crippen MR) is 66.5 cm³/mol. The Morgan fingerprint density at radius 2 is 2.00 bits per heavy atom. The molecular formula is C12H16N2O4. The quantitative estimate of drug-likeness (QED) is 0.696. The van der Waals surface area contributed by atoms with Gasteiger partial charge in [-0.3, -0.25) is 9.59 Å². The molecule has 1 aromatic rings. The number of carbonyl (C=O) groups excluding carboxylic acids is 1. The number of carbonyl (C=O) groups is 2. The molecule has 1 amide bonds. The van der Waals surface area contributed by atoms with Crippen molar-refractivity contribution < 1.29 is 19.4 Å². The zero-order valence-corrected chi connectivity index (χ0v) is 10.1. The number of hydrogen-bond donors (Lipinski definition) is 3. The highest BCUT2D eigenvalue weighted by Crippen LogP contribution is 2.15. The van der Waals surface area contributed by atoms with Crippen molar-refractivity contribution in [3.05, 3.63) is 24.3 Å². The van der Waals surface area contributed by atoms with E-state index in [9.17, 15) is 9.59 Å². The van der Waals surface area contributed by atoms with Crippen LogP contribution in [0.25, 0.3) is 0 Å². The summed E-state index contributed by atoms with van der Waals surface area (Å²) >= 11 is 0. The Balaban J connectivity index is 2.51. The van der Waals surface area contributed by atoms with Crippen LogP contribution in [0, 0.1) is 0 Å². The molecule has 0 aliphatic carbocycles. The van der Waals surface area contributed by atoms with E-state index in [1.165, 1.54) is 0 Å². The highest BCUT2D eigenvalue weighted by molar-refractivity contribution is 5.93. The van der Waals surface area contributed by atoms with Gasteiger partial charge >= 0.3 is 5.97 Å². The largest absolute Gasteiger partial charge is 0.494 e. The second-order valence-corrected chi connectivity index (χ2v) is 3.65. The zero-order valence-electron chi connectivity index (χ0n) is 10.1. The first kappa shape index (κ1) is 14.0. The topological polar surface area (TPSA) is 102 Å². The van der Waals surface area contributed by atoms with Crippen molar-refractivity contribution >= 4 is 17.6 Å². The van der Waals surface area contributed by atoms with Gasteiger partial charge in [-0.2, -0.15) is 0 Å². The molecule has 6 heteroatoms. The van der Waals surface area contributed by atoms with Crippen LogP contribution in [0.3, 0.4) is 0 Å². The van der Waals surface area contributed by atoms with Gasteiger partial charge < -0.3 is 20.9 Å². The Bertz CT molecular complexity index is 417. The minimum Gasteiger partial charge on any atom is -0.494 e. The number of benzene rings is 1. The summed E-state index contributed by atoms with van der Waals surface area (Å²) in [4.78, 5) is 21.9. The van der Waals surface area contributed by atoms with Crippen molar-refractivity contribution in [2.24, 2.45) is 5.73 Å². The van der Waals surface area contributed by atoms with Crippen LogP contribution in [-0.2, 0) is 9.59 Å². The Labute approximate surface area is 105 Å². The maximum Gasteiger partial charge on any atom is 0.321 e. The van der Waals surface area contributed by atoms with Crippen LogP contribution < -0.4 is 15.8 Å². The van der Waals surface area contributed by atoms with E-state index >= 15 is 0 Å². The Kier molecular flexibility index (Phi) is 5.13. The van der Waals surface area contributed by atoms with Crippen LogP contribution in [-0.4, -0.2) is 29.6 Å². The van der Waals surface area contributed by atoms with Crippen LogP contribution in [0.5, 0.6) is 5.75 Å². The first-order valence-corrected chi connectivity index (χ1v) is 5.54. The second kappa shape index (κ2) is 6.61. The number of hydrogen-bond acceptors (Lipinski definition) is 4. The minimum atomic E-state index is -1.20. The molecule has 0 radical (unpaired) electrons. The van der Waals surface area contributed by atoms with Gasteiger partial charge in [-0.25, -0.2) is 0 Å². The number of nitrogens with two attached hydrogens (primary N) is 1. The van der Waals surface area contributed by atoms with E-state index in [2.05, 4.69) is 5.32 Å². The average Bonchev–Trinajstić information content (AvgIpc) is 2.31. The lowest BCUT2D eigenvalue weighted by atomic mass is 10.2. The standard InChI is InChI=1S/C12H16N2O4/c1-2-18-9-5-3-8(4-6-9)14-11(15)7-10(13)12(16)17/h3-6,10H,2,7,13H2,1H3,(H,14,15)(H,16,17)/t10-/m0/s1. The Morgan fingerprint density at radius 3 is 2.50 bits per heavy atom. The third-order valence-corrected chi connectivity index (χ3v) is 2.17. The molecule has 0 unspecified atom stereocenters. The fourth-order valence-corrected chi connectivity index (χ4v) is 1.30. The molecule has 1 aromatic carbocycles. The first-order valence-electron chi connectivity index (χ1n) is 5.54. The van der Waals surface area contributed by atoms with Gasteiger partial charge in [0, 0.05) is 5.69 Å². The third kappa shape index (κ3) is 4.42. The maximum absolute atomic E-state index is 11.5. The molecule has 0 spiro atoms. The van der Waals surface area contributed by atoms with Crippen molar-refractivity contribution in [3.8, 4) is 5.75 Å². The molecule has 0 saturated heterocycles. The van der Waals surface area contributed by atoms with E-state index in [0.717, 1.165) is 0 Å². The monoisotopic (exact) mass is 252 g/mol. The van der Waals surface area contributed by atoms with Gasteiger partial charge in [0.15, 0.2) is 0 Å². The number of anilines is 1. The van der Waals surface area contributed by atoms with Crippen LogP contribution in [0.2, 0.25) is 0 Å². The van der Waals surface area contributed by atoms with Gasteiger partial charge in [0.1, 0.15) is 11.8 Å². The van der Waals surface area contributed by atoms with Crippen molar-refractivity contribution in [1.82, 2.24) is 0 Å². The lowest BCUT2D eigenvalue weighted by Gasteiger charge is -2.08. The van der Waals surface area contributed by atoms with Gasteiger partial charge in [-0.15, -0.1) is 0 Å². The van der Waals surface area contributed by atoms with Crippen LogP contribution in [0.4, 0.5) is 5.69 Å². The summed E-state index contributed by atoms with van der Waals surface area (Å²) in [6, 6.07) is 5.60. The molecule has 0 bridgehead atoms. The van der Waals surface area contributed by atoms with Gasteiger partial charge in [0.2, 0.25) is 5.91 Å². The normalized spacial score (nSPS) is 11.7. The lowest BCUT2D eigenvalue weighted by Crippen LogP contribution is -2.34. The van der Waals surface area contributed by atoms with Crippen LogP contribution >= 0.6 is 0 Å². The maximum atomic E-state index is 11.5. The van der Waals surface area contributed by atoms with Gasteiger partial charge in [0.25, 0.3) is 0 Å². The number of carboxylic acids is 1. The summed E-state index contributed by atoms with van der Waals surface area (Å²) in [6.45, 7) is 2.45. The second-order valence-electron chi connectivity index (χ2n) is 3.65. The predicted octanol–water partition coefficient (Wildman–Crippen LogP) is 0.826. The molecule has 18 heavy (non-hydrogen) atoms. The van der Waals surface area contributed by atoms with Crippen molar-refractivity contribution in [2.45, 2.75) is 19.4 Å². The number of carboxylic acid groups (broad SMARTS) is 1. The molecule has 0 aliphatic heterocycles. The molecule has 4 N–H and O–H groups in total. The summed E-state index contributed by atoms with van der Waals surface area (Å²) in [5, 5.41) is 11.1. The molecule has 1 rings (SSSR count). The summed E-state index contributed by atoms with van der Waals surface area (Å²) in [5.41, 5.74) is 5.82. The van der Waals surface area contributed by atoms with E-state index in [1.807, 2.05) is 6.92 Å². The number of nitrogens with one attached hydrogen (secondary N) is 1. The molecular weight excluding hydrogens is 236 g/mol. The number of amides is 1. The van der Waals surface area contributed by atoms with Crippen LogP contribution in [0.15, 0.2) is 24.3 Å². The molecule has 0 aliphatic rings. The summed E-state index contributed by atoms with van der Waals surface area (Å²) < 4.78 is 5.25. The summed E-state index contributed by atoms with van der Waals surface area (Å²) in [6.07, 6.45) is -0.261. The third-order valence-electron chi connectivity index (χ3n) is 2.17. The first-order chi connectivity index (χ1) is 8.52. The number of ether oxygens (including phenoxy) is 1. The fourth-order valence-electron chi connectivity index (χ4n) is 1.30. The Hall–Kier alpha value is -2.08. The molecule has 1 atom stereocenters. The molecule has 0 saturated carbocycles. The zero-order chi connectivity index (χ0) is 13.5. The summed E-state index contributed by atoms with van der Waals surface area (Å²) in [7, 11) is 0. The van der Waals surface area contributed by atoms with Gasteiger partial charge in [0.05, 0.1) is 13.0 Å². The van der Waals surface area contributed by atoms with E-state index in [4.69, 9.17) is 15.6 Å². The lowest BCUT2D eigenvalue weighted by molar-refractivity contribution is -0.140. The van der Waals surface area contributed by atoms with Crippen molar-refractivity contribution in [2.75, 3.05) is 11.9 Å². The van der Waals surface area contributed by atoms with E-state index in [0.29, 0.717) is 18.0 Å². The molecule has 98 valence electrons. The van der Waals surface area contributed by atoms with Gasteiger partial charge in [-0.05, 0) is 31.2 Å². The highest BCUT2D eigenvalue weighted by Gasteiger charge is 2.16. The number of rotatable bonds is 6. The summed E-state index contributed by atoms with van der Waals surface area (Å²) in [5.74, 6) is -0.927. The Morgan fingerprint density at radius 1 is 1.39 bits per heavy atom. The van der Waals surface area contributed by atoms with E-state index in [1.54, 1.807) is 24.3 Å². The van der Waals surface area contributed by atoms with E-state index < -0.39 is 17.9 Å². The van der Waals surface area contributed by atoms with Crippen LogP contribution in [0.1, 0.15) is 13.3 Å². The highest BCUT2D eigenvalue weighted by atomic mass is 16.5. The molecule has 0 fully saturated rings. The van der Waals surface area contributed by atoms with Crippen molar-refractivity contribution in [1.29, 1.82) is 0 Å². The van der Waals surface area contributed by atoms with Gasteiger partial charge in [-0.1, -0.05) is 0 Å². The fraction of sp³-hybridized carbons (Fsp3) is 0.333. The molecule has 0 heterocycles. The minimum absolute atomic E-state index is 0.261. The number of aliphatic carboxylic acids is 1.